The minimum Gasteiger partial charge on any atom is -0.395 e. The quantitative estimate of drug-likeness (QED) is 0.353. The van der Waals surface area contributed by atoms with Crippen LogP contribution in [0.4, 0.5) is 0 Å². The monoisotopic (exact) mass is 396 g/mol. The Hall–Kier alpha value is -1.61. The predicted octanol–water partition coefficient (Wildman–Crippen LogP) is 1.02. The van der Waals surface area contributed by atoms with E-state index in [4.69, 9.17) is 0 Å². The highest BCUT2D eigenvalue weighted by atomic mass is 16.3. The van der Waals surface area contributed by atoms with Crippen LogP contribution in [0.5, 0.6) is 0 Å². The average molecular weight is 397 g/mol. The van der Waals surface area contributed by atoms with Crippen LogP contribution in [0.2, 0.25) is 0 Å². The molecule has 1 rings (SSSR count). The van der Waals surface area contributed by atoms with E-state index >= 15 is 0 Å². The molecule has 0 saturated carbocycles. The third-order valence-corrected chi connectivity index (χ3v) is 4.72. The van der Waals surface area contributed by atoms with Crippen molar-refractivity contribution in [3.05, 3.63) is 23.0 Å². The van der Waals surface area contributed by atoms with Gasteiger partial charge in [-0.05, 0) is 35.8 Å². The van der Waals surface area contributed by atoms with Gasteiger partial charge in [0.25, 0.3) is 5.91 Å². The van der Waals surface area contributed by atoms with E-state index in [0.717, 1.165) is 5.56 Å². The normalized spacial score (nSPS) is 15.1. The van der Waals surface area contributed by atoms with E-state index in [-0.39, 0.29) is 48.7 Å². The summed E-state index contributed by atoms with van der Waals surface area (Å²) in [6.07, 6.45) is -0.484. The summed E-state index contributed by atoms with van der Waals surface area (Å²) >= 11 is 0. The van der Waals surface area contributed by atoms with Crippen molar-refractivity contribution in [1.82, 2.24) is 20.8 Å². The third-order valence-electron chi connectivity index (χ3n) is 4.72. The van der Waals surface area contributed by atoms with Crippen LogP contribution in [-0.4, -0.2) is 56.7 Å². The van der Waals surface area contributed by atoms with Crippen molar-refractivity contribution in [3.63, 3.8) is 0 Å². The first-order chi connectivity index (χ1) is 13.1. The fraction of sp³-hybridized carbons (Fsp3) is 0.750. The summed E-state index contributed by atoms with van der Waals surface area (Å²) in [5.41, 5.74) is 1.22. The molecule has 1 aromatic heterocycles. The van der Waals surface area contributed by atoms with Gasteiger partial charge in [0.2, 0.25) is 0 Å². The fourth-order valence-electron chi connectivity index (χ4n) is 2.79. The Morgan fingerprint density at radius 1 is 1.00 bits per heavy atom. The molecule has 0 aromatic carbocycles. The van der Waals surface area contributed by atoms with E-state index < -0.39 is 12.1 Å². The second-order valence-corrected chi connectivity index (χ2v) is 8.35. The topological polar surface area (TPSA) is 128 Å². The summed E-state index contributed by atoms with van der Waals surface area (Å²) in [6.45, 7) is 11.5. The SMILES string of the molecule is CC(C)Cc1cc(C(=O)NC(CO)C(C)C)nnc1C(O)NC(CO)C(C)C. The molecular weight excluding hydrogens is 360 g/mol. The second kappa shape index (κ2) is 11.4. The van der Waals surface area contributed by atoms with Crippen molar-refractivity contribution in [1.29, 1.82) is 0 Å². The number of carbonyl (C=O) groups is 1. The Bertz CT molecular complexity index is 622. The third kappa shape index (κ3) is 7.09. The number of hydrogen-bond donors (Lipinski definition) is 5. The van der Waals surface area contributed by atoms with Crippen LogP contribution >= 0.6 is 0 Å². The lowest BCUT2D eigenvalue weighted by Crippen LogP contribution is -2.42. The zero-order valence-corrected chi connectivity index (χ0v) is 17.8. The molecule has 8 nitrogen and oxygen atoms in total. The molecule has 0 aliphatic carbocycles. The number of carbonyl (C=O) groups excluding carboxylic acids is 1. The molecule has 0 aliphatic rings. The van der Waals surface area contributed by atoms with Crippen molar-refractivity contribution in [3.8, 4) is 0 Å². The number of amides is 1. The molecule has 0 fully saturated rings. The summed E-state index contributed by atoms with van der Waals surface area (Å²) in [7, 11) is 0. The van der Waals surface area contributed by atoms with Crippen molar-refractivity contribution in [2.75, 3.05) is 13.2 Å². The Labute approximate surface area is 167 Å². The maximum atomic E-state index is 12.5. The van der Waals surface area contributed by atoms with Crippen molar-refractivity contribution in [2.24, 2.45) is 17.8 Å². The first-order valence-corrected chi connectivity index (χ1v) is 9.93. The van der Waals surface area contributed by atoms with Gasteiger partial charge in [0.05, 0.1) is 19.3 Å². The number of nitrogens with zero attached hydrogens (tertiary/aromatic N) is 2. The fourth-order valence-corrected chi connectivity index (χ4v) is 2.79. The molecule has 5 N–H and O–H groups in total. The van der Waals surface area contributed by atoms with Crippen LogP contribution < -0.4 is 10.6 Å². The van der Waals surface area contributed by atoms with E-state index in [9.17, 15) is 20.1 Å². The number of aliphatic hydroxyl groups excluding tert-OH is 3. The lowest BCUT2D eigenvalue weighted by atomic mass is 9.99. The lowest BCUT2D eigenvalue weighted by molar-refractivity contribution is 0.0845. The molecule has 1 amide bonds. The van der Waals surface area contributed by atoms with Crippen molar-refractivity contribution < 1.29 is 20.1 Å². The van der Waals surface area contributed by atoms with Gasteiger partial charge in [-0.25, -0.2) is 0 Å². The molecule has 0 radical (unpaired) electrons. The summed E-state index contributed by atoms with van der Waals surface area (Å²) in [6, 6.07) is 0.981. The molecule has 1 aromatic rings. The van der Waals surface area contributed by atoms with Crippen LogP contribution in [-0.2, 0) is 6.42 Å². The van der Waals surface area contributed by atoms with E-state index in [1.165, 1.54) is 0 Å². The maximum absolute atomic E-state index is 12.5. The van der Waals surface area contributed by atoms with Gasteiger partial charge in [-0.3, -0.25) is 10.1 Å². The van der Waals surface area contributed by atoms with E-state index in [1.807, 2.05) is 41.5 Å². The van der Waals surface area contributed by atoms with Crippen LogP contribution in [0, 0.1) is 17.8 Å². The lowest BCUT2D eigenvalue weighted by Gasteiger charge is -2.25. The number of nitrogens with one attached hydrogen (secondary N) is 2. The predicted molar refractivity (Wildman–Crippen MR) is 108 cm³/mol. The molecule has 0 spiro atoms. The molecular formula is C20H36N4O4. The van der Waals surface area contributed by atoms with Crippen LogP contribution in [0.15, 0.2) is 6.07 Å². The minimum absolute atomic E-state index is 0.0776. The molecule has 3 atom stereocenters. The van der Waals surface area contributed by atoms with Gasteiger partial charge >= 0.3 is 0 Å². The van der Waals surface area contributed by atoms with Crippen LogP contribution in [0.25, 0.3) is 0 Å². The van der Waals surface area contributed by atoms with Gasteiger partial charge in [0.1, 0.15) is 5.69 Å². The van der Waals surface area contributed by atoms with Crippen LogP contribution in [0.1, 0.15) is 69.5 Å². The van der Waals surface area contributed by atoms with Gasteiger partial charge in [-0.2, -0.15) is 5.10 Å². The summed E-state index contributed by atoms with van der Waals surface area (Å²) < 4.78 is 0. The highest BCUT2D eigenvalue weighted by Crippen LogP contribution is 2.19. The van der Waals surface area contributed by atoms with Gasteiger partial charge in [-0.15, -0.1) is 5.10 Å². The van der Waals surface area contributed by atoms with Gasteiger partial charge in [0.15, 0.2) is 11.9 Å². The zero-order chi connectivity index (χ0) is 21.4. The number of aliphatic hydroxyl groups is 3. The molecule has 3 unspecified atom stereocenters. The molecule has 0 aliphatic heterocycles. The second-order valence-electron chi connectivity index (χ2n) is 8.35. The largest absolute Gasteiger partial charge is 0.395 e. The highest BCUT2D eigenvalue weighted by molar-refractivity contribution is 5.92. The Morgan fingerprint density at radius 3 is 2.04 bits per heavy atom. The van der Waals surface area contributed by atoms with E-state index in [1.54, 1.807) is 6.07 Å². The van der Waals surface area contributed by atoms with E-state index in [0.29, 0.717) is 12.1 Å². The summed E-state index contributed by atoms with van der Waals surface area (Å²) in [5.74, 6) is 0.0757. The molecule has 0 bridgehead atoms. The molecule has 8 heteroatoms. The zero-order valence-electron chi connectivity index (χ0n) is 17.8. The number of rotatable bonds is 11. The molecule has 28 heavy (non-hydrogen) atoms. The van der Waals surface area contributed by atoms with Gasteiger partial charge in [0, 0.05) is 6.04 Å². The first-order valence-electron chi connectivity index (χ1n) is 9.93. The van der Waals surface area contributed by atoms with Crippen LogP contribution in [0.3, 0.4) is 0 Å². The van der Waals surface area contributed by atoms with Gasteiger partial charge < -0.3 is 20.6 Å². The molecule has 0 saturated heterocycles. The minimum atomic E-state index is -1.10. The highest BCUT2D eigenvalue weighted by Gasteiger charge is 2.24. The summed E-state index contributed by atoms with van der Waals surface area (Å²) in [4.78, 5) is 12.5. The number of hydrogen-bond acceptors (Lipinski definition) is 7. The maximum Gasteiger partial charge on any atom is 0.272 e. The van der Waals surface area contributed by atoms with Gasteiger partial charge in [-0.1, -0.05) is 41.5 Å². The first kappa shape index (κ1) is 24.4. The Kier molecular flexibility index (Phi) is 9.95. The smallest absolute Gasteiger partial charge is 0.272 e. The van der Waals surface area contributed by atoms with Crippen molar-refractivity contribution >= 4 is 5.91 Å². The van der Waals surface area contributed by atoms with Crippen molar-refractivity contribution in [2.45, 2.75) is 66.3 Å². The standard InChI is InChI=1S/C20H36N4O4/c1-11(2)7-14-8-15(19(27)21-16(9-25)12(3)4)23-24-18(14)20(28)22-17(10-26)13(5)6/h8,11-13,16-17,20,22,25-26,28H,7,9-10H2,1-6H3,(H,21,27). The Morgan fingerprint density at radius 2 is 1.57 bits per heavy atom. The average Bonchev–Trinajstić information content (AvgIpc) is 2.62. The summed E-state index contributed by atoms with van der Waals surface area (Å²) in [5, 5.41) is 43.3. The molecule has 1 heterocycles. The van der Waals surface area contributed by atoms with E-state index in [2.05, 4.69) is 20.8 Å². The Balaban J connectivity index is 3.11. The molecule has 160 valence electrons. The number of aromatic nitrogens is 2.